The van der Waals surface area contributed by atoms with Gasteiger partial charge in [-0.15, -0.1) is 0 Å². The Hall–Kier alpha value is 2.42. The molecule has 0 bridgehead atoms. The van der Waals surface area contributed by atoms with Gasteiger partial charge in [0.15, 0.2) is 5.03 Å². The zero-order valence-electron chi connectivity index (χ0n) is 11.4. The normalized spacial score (nSPS) is 13.5. The van der Waals surface area contributed by atoms with Crippen molar-refractivity contribution in [3.05, 3.63) is 44.9 Å². The molecule has 0 unspecified atom stereocenters. The van der Waals surface area contributed by atoms with Crippen LogP contribution in [-0.2, 0) is 0 Å². The number of rotatable bonds is 2. The molecule has 0 aliphatic carbocycles. The van der Waals surface area contributed by atoms with Crippen LogP contribution in [0.1, 0.15) is 11.1 Å². The van der Waals surface area contributed by atoms with E-state index in [4.69, 9.17) is 111 Å². The first-order valence-electron chi connectivity index (χ1n) is 5.48. The van der Waals surface area contributed by atoms with Crippen LogP contribution in [0, 0.1) is 6.92 Å². The summed E-state index contributed by atoms with van der Waals surface area (Å²) in [5.41, 5.74) is 1.85. The van der Waals surface area contributed by atoms with Crippen LogP contribution < -0.4 is 4.67 Å². The maximum atomic E-state index is 5.98. The van der Waals surface area contributed by atoms with Crippen LogP contribution >= 0.6 is 111 Å². The van der Waals surface area contributed by atoms with Gasteiger partial charge < -0.3 is 0 Å². The SMILES string of the molecule is Cc1ccc(C(Cl)=[N+]=C(Cl)C(Cl)=C(Cl)Cl)cc1.[Cl][Sb-]([Cl])([Cl])([Cl])([Cl])[Cl]. The summed E-state index contributed by atoms with van der Waals surface area (Å²) >= 11 is 28.4. The van der Waals surface area contributed by atoms with Crippen molar-refractivity contribution >= 4 is 130 Å². The van der Waals surface area contributed by atoms with Gasteiger partial charge >= 0.3 is 72.5 Å². The van der Waals surface area contributed by atoms with Gasteiger partial charge in [0.1, 0.15) is 4.49 Å². The van der Waals surface area contributed by atoms with E-state index in [1.165, 1.54) is 0 Å². The fraction of sp³-hybridized carbons (Fsp3) is 0.0909. The van der Waals surface area contributed by atoms with Gasteiger partial charge in [-0.05, 0) is 19.1 Å². The first-order valence-corrected chi connectivity index (χ1v) is 26.8. The van der Waals surface area contributed by atoms with Gasteiger partial charge in [0.25, 0.3) is 0 Å². The minimum atomic E-state index is -5.42. The summed E-state index contributed by atoms with van der Waals surface area (Å²) in [5.74, 6) is 0. The van der Waals surface area contributed by atoms with E-state index in [9.17, 15) is 0 Å². The van der Waals surface area contributed by atoms with Gasteiger partial charge in [-0.2, -0.15) is 0 Å². The second-order valence-electron chi connectivity index (χ2n) is 4.09. The second-order valence-corrected chi connectivity index (χ2v) is 63.0. The van der Waals surface area contributed by atoms with Crippen LogP contribution in [0.4, 0.5) is 0 Å². The third-order valence-electron chi connectivity index (χ3n) is 1.83. The van der Waals surface area contributed by atoms with E-state index < -0.39 is 9.14 Å². The molecule has 0 saturated carbocycles. The van der Waals surface area contributed by atoms with E-state index >= 15 is 0 Å². The first-order chi connectivity index (χ1) is 10.4. The van der Waals surface area contributed by atoms with Crippen molar-refractivity contribution in [3.63, 3.8) is 0 Å². The van der Waals surface area contributed by atoms with Crippen LogP contribution in [0.15, 0.2) is 33.8 Å². The summed E-state index contributed by atoms with van der Waals surface area (Å²) in [6.07, 6.45) is 0. The molecule has 0 saturated heterocycles. The van der Waals surface area contributed by atoms with Gasteiger partial charge in [0, 0.05) is 23.2 Å². The number of aryl methyl sites for hydroxylation is 1. The molecule has 1 nitrogen and oxygen atoms in total. The number of hydrogen-bond acceptors (Lipinski definition) is 0. The van der Waals surface area contributed by atoms with Crippen molar-refractivity contribution in [1.29, 1.82) is 0 Å². The summed E-state index contributed by atoms with van der Waals surface area (Å²) in [4.78, 5) is 0. The molecule has 0 heterocycles. The van der Waals surface area contributed by atoms with Crippen molar-refractivity contribution in [1.82, 2.24) is 4.67 Å². The van der Waals surface area contributed by atoms with E-state index in [1.807, 2.05) is 31.2 Å². The summed E-state index contributed by atoms with van der Waals surface area (Å²) in [6.45, 7) is 1.97. The summed E-state index contributed by atoms with van der Waals surface area (Å²) < 4.78 is 3.74. The third kappa shape index (κ3) is 16.6. The number of hydrogen-bond donors (Lipinski definition) is 0. The molecular formula is C11H7Cl11NSb. The predicted octanol–water partition coefficient (Wildman–Crippen LogP) is 8.33. The average Bonchev–Trinajstić information content (AvgIpc) is 2.34. The van der Waals surface area contributed by atoms with Crippen molar-refractivity contribution < 1.29 is 0 Å². The molecule has 0 aromatic heterocycles. The van der Waals surface area contributed by atoms with E-state index in [-0.39, 0.29) is 19.9 Å². The zero-order valence-corrected chi connectivity index (χ0v) is 22.2. The quantitative estimate of drug-likeness (QED) is 0.172. The van der Waals surface area contributed by atoms with Crippen molar-refractivity contribution in [2.75, 3.05) is 0 Å². The average molecular weight is 665 g/mol. The molecule has 0 radical (unpaired) electrons. The van der Waals surface area contributed by atoms with E-state index in [0.29, 0.717) is 0 Å². The van der Waals surface area contributed by atoms with E-state index in [2.05, 4.69) is 4.67 Å². The molecule has 24 heavy (non-hydrogen) atoms. The Balaban J connectivity index is 0.000000640. The van der Waals surface area contributed by atoms with Gasteiger partial charge in [-0.1, -0.05) is 57.2 Å². The summed E-state index contributed by atoms with van der Waals surface area (Å²) in [6, 6.07) is 7.47. The predicted molar refractivity (Wildman–Crippen MR) is 120 cm³/mol. The van der Waals surface area contributed by atoms with Crippen LogP contribution in [0.5, 0.6) is 0 Å². The Morgan fingerprint density at radius 3 is 1.50 bits per heavy atom. The summed E-state index contributed by atoms with van der Waals surface area (Å²) in [5, 5.41) is 0.111. The van der Waals surface area contributed by atoms with Crippen molar-refractivity contribution in [2.45, 2.75) is 6.92 Å². The zero-order chi connectivity index (χ0) is 19.4. The first kappa shape index (κ1) is 26.4. The Morgan fingerprint density at radius 2 is 1.17 bits per heavy atom. The third-order valence-corrected chi connectivity index (χ3v) is 3.45. The molecule has 1 aromatic rings. The molecule has 1 rings (SSSR count). The fourth-order valence-corrected chi connectivity index (χ4v) is 1.72. The standard InChI is InChI=1S/C11H7Cl5N.6ClH.Sb/c1-6-2-4-7(5-3-6)10(15)17-11(16)8(12)9(13)14;;;;;;;/h2-5H,1H3;6*1H;/q+1;;;;;;;+5/p-6. The Labute approximate surface area is 184 Å². The van der Waals surface area contributed by atoms with Crippen LogP contribution in [0.3, 0.4) is 0 Å². The van der Waals surface area contributed by atoms with Crippen LogP contribution in [-0.4, -0.2) is 19.5 Å². The van der Waals surface area contributed by atoms with Gasteiger partial charge in [0.05, 0.1) is 5.56 Å². The van der Waals surface area contributed by atoms with E-state index in [1.54, 1.807) is 0 Å². The molecule has 0 amide bonds. The molecule has 138 valence electrons. The van der Waals surface area contributed by atoms with Gasteiger partial charge in [0.2, 0.25) is 0 Å². The molecule has 0 aliphatic heterocycles. The van der Waals surface area contributed by atoms with Gasteiger partial charge in [-0.25, -0.2) is 0 Å². The van der Waals surface area contributed by atoms with Crippen LogP contribution in [0.25, 0.3) is 0 Å². The molecule has 13 heteroatoms. The van der Waals surface area contributed by atoms with E-state index in [0.717, 1.165) is 11.1 Å². The Bertz CT molecular complexity index is 678. The number of nitrogens with zero attached hydrogens (tertiary/aromatic N) is 1. The molecular weight excluding hydrogens is 658 g/mol. The fourth-order valence-electron chi connectivity index (χ4n) is 0.969. The van der Waals surface area contributed by atoms with Gasteiger partial charge in [-0.3, -0.25) is 0 Å². The topological polar surface area (TPSA) is 14.1 Å². The van der Waals surface area contributed by atoms with Crippen molar-refractivity contribution in [2.24, 2.45) is 0 Å². The molecule has 0 atom stereocenters. The molecule has 0 N–H and O–H groups in total. The van der Waals surface area contributed by atoms with Crippen molar-refractivity contribution in [3.8, 4) is 0 Å². The molecule has 1 aromatic carbocycles. The summed E-state index contributed by atoms with van der Waals surface area (Å²) in [7, 11) is 25.0. The van der Waals surface area contributed by atoms with Crippen LogP contribution in [0.2, 0.25) is 0 Å². The Kier molecular flexibility index (Phi) is 10.2. The monoisotopic (exact) mass is 659 g/mol. The molecule has 0 aliphatic rings. The maximum absolute atomic E-state index is 5.98. The molecule has 0 spiro atoms. The number of benzene rings is 1. The molecule has 0 fully saturated rings. The Morgan fingerprint density at radius 1 is 0.792 bits per heavy atom. The number of allylic oxidation sites excluding steroid dienone is 1. The second kappa shape index (κ2) is 9.28. The number of halogens is 11. The minimum absolute atomic E-state index is 0.0414.